The monoisotopic (exact) mass is 909 g/mol. The molecule has 2 aliphatic carbocycles. The van der Waals surface area contributed by atoms with E-state index in [1.165, 1.54) is 99.6 Å². The number of fused-ring (bicyclic) bond motifs is 12. The predicted molar refractivity (Wildman–Crippen MR) is 298 cm³/mol. The molecule has 0 saturated carbocycles. The number of nitrogens with zero attached hydrogens (tertiary/aromatic N) is 3. The summed E-state index contributed by atoms with van der Waals surface area (Å²) in [6.07, 6.45) is 0. The Kier molecular flexibility index (Phi) is 8.98. The van der Waals surface area contributed by atoms with Gasteiger partial charge in [0.25, 0.3) is 0 Å². The Bertz CT molecular complexity index is 4060. The van der Waals surface area contributed by atoms with Crippen LogP contribution < -0.4 is 4.90 Å². The molecule has 0 N–H and O–H groups in total. The third kappa shape index (κ3) is 6.09. The molecule has 10 aromatic carbocycles. The van der Waals surface area contributed by atoms with Gasteiger partial charge in [-0.3, -0.25) is 0 Å². The molecule has 71 heavy (non-hydrogen) atoms. The first kappa shape index (κ1) is 41.3. The SMILES string of the molecule is CC1(C)c2ccccc2-c2ccc(N(c3ccc(-c4ccccc4)cc3)c3ccc(-n4c5ccc(-c6ccccc6)cc5c5ccc6c7c(n(-c8ccccc8)c6c54)-c4ccccc4C7(C)C)cc3)cc21. The van der Waals surface area contributed by atoms with Crippen molar-refractivity contribution in [3.8, 4) is 56.0 Å². The number of rotatable bonds is 7. The highest BCUT2D eigenvalue weighted by Crippen LogP contribution is 2.56. The van der Waals surface area contributed by atoms with Crippen LogP contribution in [0.4, 0.5) is 17.1 Å². The summed E-state index contributed by atoms with van der Waals surface area (Å²) < 4.78 is 5.10. The molecule has 0 unspecified atom stereocenters. The third-order valence-electron chi connectivity index (χ3n) is 15.9. The Morgan fingerprint density at radius 1 is 0.324 bits per heavy atom. The van der Waals surface area contributed by atoms with Gasteiger partial charge in [0.2, 0.25) is 0 Å². The van der Waals surface area contributed by atoms with Gasteiger partial charge < -0.3 is 14.0 Å². The zero-order valence-corrected chi connectivity index (χ0v) is 40.4. The standard InChI is InChI=1S/C68H51N3/c1-67(2)59-26-16-14-24-53(59)54-38-37-52(43-61(54)67)69(49-31-28-46(29-32-49)44-18-8-5-9-19-44)50-33-35-51(36-34-50)70-62-41-30-47(45-20-10-6-11-21-45)42-58(62)55-39-40-57-63-64(56-25-15-17-27-60(56)68(63,3)4)71(66(57)65(55)70)48-22-12-7-13-23-48/h5-43H,1-4H3. The first-order valence-corrected chi connectivity index (χ1v) is 24.9. The van der Waals surface area contributed by atoms with Crippen LogP contribution in [0.25, 0.3) is 88.7 Å². The van der Waals surface area contributed by atoms with Gasteiger partial charge in [-0.2, -0.15) is 0 Å². The van der Waals surface area contributed by atoms with Gasteiger partial charge in [-0.05, 0) is 128 Å². The minimum atomic E-state index is -0.199. The Morgan fingerprint density at radius 2 is 0.817 bits per heavy atom. The van der Waals surface area contributed by atoms with Gasteiger partial charge in [0.15, 0.2) is 0 Å². The summed E-state index contributed by atoms with van der Waals surface area (Å²) in [5, 5.41) is 3.75. The Morgan fingerprint density at radius 3 is 1.51 bits per heavy atom. The summed E-state index contributed by atoms with van der Waals surface area (Å²) in [6.45, 7) is 9.53. The number of aromatic nitrogens is 2. The van der Waals surface area contributed by atoms with Crippen LogP contribution in [0.1, 0.15) is 49.9 Å². The topological polar surface area (TPSA) is 13.1 Å². The average Bonchev–Trinajstić information content (AvgIpc) is 4.10. The van der Waals surface area contributed by atoms with Crippen LogP contribution in [0.2, 0.25) is 0 Å². The van der Waals surface area contributed by atoms with Crippen molar-refractivity contribution in [1.82, 2.24) is 9.13 Å². The molecule has 12 aromatic rings. The molecule has 338 valence electrons. The largest absolute Gasteiger partial charge is 0.310 e. The summed E-state index contributed by atoms with van der Waals surface area (Å²) in [5.74, 6) is 0. The highest BCUT2D eigenvalue weighted by molar-refractivity contribution is 6.21. The van der Waals surface area contributed by atoms with Gasteiger partial charge in [0.1, 0.15) is 0 Å². The summed E-state index contributed by atoms with van der Waals surface area (Å²) in [4.78, 5) is 2.43. The zero-order chi connectivity index (χ0) is 47.6. The highest BCUT2D eigenvalue weighted by atomic mass is 15.1. The minimum absolute atomic E-state index is 0.133. The van der Waals surface area contributed by atoms with Gasteiger partial charge in [-0.15, -0.1) is 0 Å². The minimum Gasteiger partial charge on any atom is -0.310 e. The highest BCUT2D eigenvalue weighted by Gasteiger charge is 2.41. The van der Waals surface area contributed by atoms with Crippen molar-refractivity contribution in [2.45, 2.75) is 38.5 Å². The van der Waals surface area contributed by atoms with Gasteiger partial charge in [0.05, 0.1) is 22.2 Å². The Hall–Kier alpha value is -8.66. The molecular weight excluding hydrogens is 859 g/mol. The molecule has 0 amide bonds. The van der Waals surface area contributed by atoms with E-state index in [-0.39, 0.29) is 10.8 Å². The molecule has 3 nitrogen and oxygen atoms in total. The zero-order valence-electron chi connectivity index (χ0n) is 40.4. The van der Waals surface area contributed by atoms with Crippen LogP contribution in [0.3, 0.4) is 0 Å². The fourth-order valence-corrected chi connectivity index (χ4v) is 12.5. The fourth-order valence-electron chi connectivity index (χ4n) is 12.5. The van der Waals surface area contributed by atoms with Crippen LogP contribution in [0.15, 0.2) is 237 Å². The molecular formula is C68H51N3. The van der Waals surface area contributed by atoms with E-state index >= 15 is 0 Å². The van der Waals surface area contributed by atoms with Gasteiger partial charge in [-0.25, -0.2) is 0 Å². The van der Waals surface area contributed by atoms with Crippen molar-refractivity contribution in [3.63, 3.8) is 0 Å². The number of anilines is 3. The lowest BCUT2D eigenvalue weighted by Crippen LogP contribution is -2.16. The Labute approximate surface area is 415 Å². The van der Waals surface area contributed by atoms with Crippen LogP contribution in [-0.4, -0.2) is 9.13 Å². The summed E-state index contributed by atoms with van der Waals surface area (Å²) in [6, 6.07) is 87.6. The number of benzene rings is 10. The Balaban J connectivity index is 1.00. The second kappa shape index (κ2) is 15.4. The third-order valence-corrected chi connectivity index (χ3v) is 15.9. The maximum atomic E-state index is 2.57. The molecule has 0 atom stereocenters. The lowest BCUT2D eigenvalue weighted by molar-refractivity contribution is 0.660. The van der Waals surface area contributed by atoms with Crippen molar-refractivity contribution >= 4 is 49.8 Å². The van der Waals surface area contributed by atoms with E-state index in [0.717, 1.165) is 28.4 Å². The van der Waals surface area contributed by atoms with Crippen molar-refractivity contribution in [3.05, 3.63) is 259 Å². The molecule has 0 bridgehead atoms. The lowest BCUT2D eigenvalue weighted by Gasteiger charge is -2.28. The van der Waals surface area contributed by atoms with Crippen molar-refractivity contribution in [2.24, 2.45) is 0 Å². The van der Waals surface area contributed by atoms with Gasteiger partial charge >= 0.3 is 0 Å². The van der Waals surface area contributed by atoms with Crippen LogP contribution >= 0.6 is 0 Å². The quantitative estimate of drug-likeness (QED) is 0.155. The maximum absolute atomic E-state index is 2.57. The summed E-state index contributed by atoms with van der Waals surface area (Å²) >= 11 is 0. The van der Waals surface area contributed by atoms with E-state index in [1.807, 2.05) is 0 Å². The van der Waals surface area contributed by atoms with Crippen LogP contribution in [0, 0.1) is 0 Å². The molecule has 0 aliphatic heterocycles. The summed E-state index contributed by atoms with van der Waals surface area (Å²) in [5.41, 5.74) is 24.4. The van der Waals surface area contributed by atoms with Gasteiger partial charge in [0, 0.05) is 61.0 Å². The maximum Gasteiger partial charge on any atom is 0.0788 e. The molecule has 14 rings (SSSR count). The summed E-state index contributed by atoms with van der Waals surface area (Å²) in [7, 11) is 0. The fraction of sp³-hybridized carbons (Fsp3) is 0.0882. The predicted octanol–water partition coefficient (Wildman–Crippen LogP) is 18.1. The van der Waals surface area contributed by atoms with E-state index in [2.05, 4.69) is 278 Å². The molecule has 2 aromatic heterocycles. The van der Waals surface area contributed by atoms with Crippen molar-refractivity contribution in [1.29, 1.82) is 0 Å². The first-order valence-electron chi connectivity index (χ1n) is 24.9. The molecule has 0 fully saturated rings. The van der Waals surface area contributed by atoms with Crippen molar-refractivity contribution in [2.75, 3.05) is 4.90 Å². The van der Waals surface area contributed by atoms with Crippen LogP contribution in [-0.2, 0) is 10.8 Å². The van der Waals surface area contributed by atoms with E-state index < -0.39 is 0 Å². The molecule has 2 aliphatic rings. The second-order valence-corrected chi connectivity index (χ2v) is 20.5. The lowest BCUT2D eigenvalue weighted by atomic mass is 9.81. The molecule has 0 saturated heterocycles. The number of hydrogen-bond donors (Lipinski definition) is 0. The average molecular weight is 910 g/mol. The molecule has 0 radical (unpaired) electrons. The molecule has 2 heterocycles. The van der Waals surface area contributed by atoms with Crippen LogP contribution in [0.5, 0.6) is 0 Å². The van der Waals surface area contributed by atoms with E-state index in [0.29, 0.717) is 0 Å². The number of para-hydroxylation sites is 1. The van der Waals surface area contributed by atoms with E-state index in [9.17, 15) is 0 Å². The van der Waals surface area contributed by atoms with E-state index in [1.54, 1.807) is 0 Å². The number of hydrogen-bond acceptors (Lipinski definition) is 1. The first-order chi connectivity index (χ1) is 34.8. The normalized spacial score (nSPS) is 13.9. The molecule has 0 spiro atoms. The van der Waals surface area contributed by atoms with Gasteiger partial charge in [-0.1, -0.05) is 191 Å². The second-order valence-electron chi connectivity index (χ2n) is 20.5. The van der Waals surface area contributed by atoms with E-state index in [4.69, 9.17) is 0 Å². The van der Waals surface area contributed by atoms with Crippen molar-refractivity contribution < 1.29 is 0 Å². The molecule has 3 heteroatoms. The smallest absolute Gasteiger partial charge is 0.0788 e.